The summed E-state index contributed by atoms with van der Waals surface area (Å²) in [5.41, 5.74) is 0.559. The topological polar surface area (TPSA) is 40.5 Å². The summed E-state index contributed by atoms with van der Waals surface area (Å²) in [4.78, 5) is 14.0. The molecule has 4 heteroatoms. The lowest BCUT2D eigenvalue weighted by atomic mass is 10.2. The average molecular weight is 225 g/mol. The molecule has 1 aromatic carbocycles. The van der Waals surface area contributed by atoms with E-state index in [0.717, 1.165) is 0 Å². The molecule has 1 N–H and O–H groups in total. The number of carbonyl (C=O) groups is 1. The number of hydrogen-bond donors (Lipinski definition) is 2. The van der Waals surface area contributed by atoms with Gasteiger partial charge in [0.15, 0.2) is 0 Å². The van der Waals surface area contributed by atoms with Crippen molar-refractivity contribution in [1.29, 1.82) is 0 Å². The van der Waals surface area contributed by atoms with Crippen LogP contribution < -0.4 is 0 Å². The molecule has 0 radical (unpaired) electrons. The number of hydrogen-bond acceptors (Lipinski definition) is 3. The van der Waals surface area contributed by atoms with Crippen molar-refractivity contribution >= 4 is 18.5 Å². The van der Waals surface area contributed by atoms with Gasteiger partial charge in [0.25, 0.3) is 5.91 Å². The molecule has 3 nitrogen and oxygen atoms in total. The van der Waals surface area contributed by atoms with Crippen LogP contribution in [0.25, 0.3) is 0 Å². The second kappa shape index (κ2) is 5.19. The van der Waals surface area contributed by atoms with E-state index in [1.54, 1.807) is 32.2 Å². The minimum atomic E-state index is -0.522. The van der Waals surface area contributed by atoms with Crippen molar-refractivity contribution in [3.8, 4) is 0 Å². The summed E-state index contributed by atoms with van der Waals surface area (Å²) >= 11 is 4.21. The fraction of sp³-hybridized carbons (Fsp3) is 0.364. The molecule has 1 unspecified atom stereocenters. The molecule has 0 aliphatic rings. The van der Waals surface area contributed by atoms with Crippen LogP contribution in [0.3, 0.4) is 0 Å². The Hall–Kier alpha value is -1.00. The minimum Gasteiger partial charge on any atom is -0.392 e. The lowest BCUT2D eigenvalue weighted by Gasteiger charge is -2.19. The van der Waals surface area contributed by atoms with Gasteiger partial charge in [0, 0.05) is 18.5 Å². The molecule has 0 heterocycles. The first-order chi connectivity index (χ1) is 7.02. The first kappa shape index (κ1) is 12.1. The Bertz CT molecular complexity index is 352. The maximum Gasteiger partial charge on any atom is 0.254 e. The van der Waals surface area contributed by atoms with Crippen molar-refractivity contribution in [1.82, 2.24) is 4.90 Å². The van der Waals surface area contributed by atoms with Gasteiger partial charge in [-0.25, -0.2) is 0 Å². The van der Waals surface area contributed by atoms with Gasteiger partial charge in [-0.2, -0.15) is 0 Å². The number of thiol groups is 1. The van der Waals surface area contributed by atoms with E-state index in [1.165, 1.54) is 4.90 Å². The van der Waals surface area contributed by atoms with Crippen molar-refractivity contribution in [2.24, 2.45) is 0 Å². The predicted molar refractivity (Wildman–Crippen MR) is 62.3 cm³/mol. The molecule has 82 valence electrons. The largest absolute Gasteiger partial charge is 0.392 e. The second-order valence-electron chi connectivity index (χ2n) is 3.55. The maximum atomic E-state index is 11.9. The zero-order chi connectivity index (χ0) is 11.4. The maximum absolute atomic E-state index is 11.9. The molecule has 1 aromatic rings. The Morgan fingerprint density at radius 1 is 1.53 bits per heavy atom. The van der Waals surface area contributed by atoms with E-state index < -0.39 is 6.10 Å². The van der Waals surface area contributed by atoms with Crippen LogP contribution >= 0.6 is 12.6 Å². The van der Waals surface area contributed by atoms with Crippen LogP contribution in [-0.2, 0) is 0 Å². The smallest absolute Gasteiger partial charge is 0.254 e. The van der Waals surface area contributed by atoms with Crippen LogP contribution in [0.2, 0.25) is 0 Å². The van der Waals surface area contributed by atoms with Crippen molar-refractivity contribution in [2.75, 3.05) is 13.6 Å². The van der Waals surface area contributed by atoms with Crippen LogP contribution in [0, 0.1) is 0 Å². The van der Waals surface area contributed by atoms with Crippen LogP contribution in [0.5, 0.6) is 0 Å². The third-order valence-electron chi connectivity index (χ3n) is 2.02. The van der Waals surface area contributed by atoms with Crippen molar-refractivity contribution in [2.45, 2.75) is 17.9 Å². The van der Waals surface area contributed by atoms with E-state index in [0.29, 0.717) is 17.0 Å². The summed E-state index contributed by atoms with van der Waals surface area (Å²) in [5.74, 6) is -0.124. The molecule has 0 bridgehead atoms. The van der Waals surface area contributed by atoms with Gasteiger partial charge >= 0.3 is 0 Å². The van der Waals surface area contributed by atoms with Gasteiger partial charge in [0.05, 0.1) is 11.7 Å². The van der Waals surface area contributed by atoms with Gasteiger partial charge in [-0.3, -0.25) is 4.79 Å². The van der Waals surface area contributed by atoms with Crippen molar-refractivity contribution < 1.29 is 9.90 Å². The molecule has 1 rings (SSSR count). The predicted octanol–water partition coefficient (Wildman–Crippen LogP) is 1.43. The Balaban J connectivity index is 2.81. The average Bonchev–Trinajstić information content (AvgIpc) is 2.16. The number of nitrogens with zero attached hydrogens (tertiary/aromatic N) is 1. The summed E-state index contributed by atoms with van der Waals surface area (Å²) in [6.07, 6.45) is -0.522. The number of likely N-dealkylation sites (N-methyl/N-ethyl adjacent to an activating group) is 1. The lowest BCUT2D eigenvalue weighted by molar-refractivity contribution is 0.0700. The third kappa shape index (κ3) is 3.25. The Labute approximate surface area is 95.1 Å². The lowest BCUT2D eigenvalue weighted by Crippen LogP contribution is -2.33. The normalized spacial score (nSPS) is 12.3. The van der Waals surface area contributed by atoms with Crippen molar-refractivity contribution in [3.05, 3.63) is 29.8 Å². The highest BCUT2D eigenvalue weighted by molar-refractivity contribution is 7.80. The fourth-order valence-electron chi connectivity index (χ4n) is 1.34. The van der Waals surface area contributed by atoms with Gasteiger partial charge in [-0.05, 0) is 19.1 Å². The van der Waals surface area contributed by atoms with E-state index in [2.05, 4.69) is 12.6 Å². The summed E-state index contributed by atoms with van der Waals surface area (Å²) in [6, 6.07) is 7.12. The first-order valence-electron chi connectivity index (χ1n) is 4.74. The summed E-state index contributed by atoms with van der Waals surface area (Å²) < 4.78 is 0. The highest BCUT2D eigenvalue weighted by Gasteiger charge is 2.14. The molecule has 1 atom stereocenters. The quantitative estimate of drug-likeness (QED) is 0.764. The SMILES string of the molecule is CC(O)CN(C)C(=O)c1ccccc1S. The van der Waals surface area contributed by atoms with E-state index in [9.17, 15) is 9.90 Å². The molecular formula is C11H15NO2S. The number of rotatable bonds is 3. The fourth-order valence-corrected chi connectivity index (χ4v) is 1.60. The Morgan fingerprint density at radius 2 is 2.13 bits per heavy atom. The van der Waals surface area contributed by atoms with E-state index >= 15 is 0 Å². The van der Waals surface area contributed by atoms with Gasteiger partial charge in [-0.15, -0.1) is 12.6 Å². The molecule has 0 aromatic heterocycles. The number of aliphatic hydroxyl groups is 1. The number of amides is 1. The Morgan fingerprint density at radius 3 is 2.67 bits per heavy atom. The van der Waals surface area contributed by atoms with Gasteiger partial charge < -0.3 is 10.0 Å². The zero-order valence-corrected chi connectivity index (χ0v) is 9.74. The molecule has 0 fully saturated rings. The van der Waals surface area contributed by atoms with E-state index in [-0.39, 0.29) is 5.91 Å². The van der Waals surface area contributed by atoms with E-state index in [1.807, 2.05) is 6.07 Å². The molecule has 0 saturated carbocycles. The first-order valence-corrected chi connectivity index (χ1v) is 5.18. The van der Waals surface area contributed by atoms with Crippen LogP contribution in [0.4, 0.5) is 0 Å². The highest BCUT2D eigenvalue weighted by atomic mass is 32.1. The van der Waals surface area contributed by atoms with Crippen molar-refractivity contribution in [3.63, 3.8) is 0 Å². The van der Waals surface area contributed by atoms with Gasteiger partial charge in [-0.1, -0.05) is 12.1 Å². The van der Waals surface area contributed by atoms with Crippen LogP contribution in [0.15, 0.2) is 29.2 Å². The molecule has 15 heavy (non-hydrogen) atoms. The molecule has 0 spiro atoms. The standard InChI is InChI=1S/C11H15NO2S/c1-8(13)7-12(2)11(14)9-5-3-4-6-10(9)15/h3-6,8,13,15H,7H2,1-2H3. The second-order valence-corrected chi connectivity index (χ2v) is 4.03. The van der Waals surface area contributed by atoms with Gasteiger partial charge in [0.2, 0.25) is 0 Å². The molecule has 1 amide bonds. The molecular weight excluding hydrogens is 210 g/mol. The monoisotopic (exact) mass is 225 g/mol. The number of benzene rings is 1. The number of carbonyl (C=O) groups excluding carboxylic acids is 1. The summed E-state index contributed by atoms with van der Waals surface area (Å²) in [7, 11) is 1.66. The molecule has 0 aliphatic heterocycles. The zero-order valence-electron chi connectivity index (χ0n) is 8.84. The number of aliphatic hydroxyl groups excluding tert-OH is 1. The van der Waals surface area contributed by atoms with Gasteiger partial charge in [0.1, 0.15) is 0 Å². The highest BCUT2D eigenvalue weighted by Crippen LogP contribution is 2.14. The summed E-state index contributed by atoms with van der Waals surface area (Å²) in [6.45, 7) is 1.97. The summed E-state index contributed by atoms with van der Waals surface area (Å²) in [5, 5.41) is 9.17. The third-order valence-corrected chi connectivity index (χ3v) is 2.41. The minimum absolute atomic E-state index is 0.124. The van der Waals surface area contributed by atoms with E-state index in [4.69, 9.17) is 0 Å². The Kier molecular flexibility index (Phi) is 4.17. The van der Waals surface area contributed by atoms with Crippen LogP contribution in [-0.4, -0.2) is 35.6 Å². The van der Waals surface area contributed by atoms with Crippen LogP contribution in [0.1, 0.15) is 17.3 Å². The molecule has 0 saturated heterocycles. The molecule has 0 aliphatic carbocycles.